The lowest BCUT2D eigenvalue weighted by molar-refractivity contribution is -0.118. The van der Waals surface area contributed by atoms with E-state index in [-0.39, 0.29) is 22.9 Å². The molecular weight excluding hydrogens is 336 g/mol. The van der Waals surface area contributed by atoms with Crippen molar-refractivity contribution in [2.24, 2.45) is 5.41 Å². The summed E-state index contributed by atoms with van der Waals surface area (Å²) in [7, 11) is 0. The van der Waals surface area contributed by atoms with Gasteiger partial charge in [-0.05, 0) is 40.8 Å². The van der Waals surface area contributed by atoms with Crippen molar-refractivity contribution in [3.8, 4) is 11.5 Å². The van der Waals surface area contributed by atoms with Crippen molar-refractivity contribution in [3.05, 3.63) is 47.2 Å². The van der Waals surface area contributed by atoms with E-state index in [0.717, 1.165) is 65.5 Å². The van der Waals surface area contributed by atoms with E-state index >= 15 is 0 Å². The van der Waals surface area contributed by atoms with Gasteiger partial charge in [-0.25, -0.2) is 0 Å². The number of allylic oxidation sites excluding steroid dienone is 2. The van der Waals surface area contributed by atoms with Gasteiger partial charge in [0, 0.05) is 29.9 Å². The summed E-state index contributed by atoms with van der Waals surface area (Å²) in [4.78, 5) is 13.1. The predicted molar refractivity (Wildman–Crippen MR) is 108 cm³/mol. The first-order valence-corrected chi connectivity index (χ1v) is 10.1. The molecule has 3 heteroatoms. The molecule has 0 aromatic heterocycles. The summed E-state index contributed by atoms with van der Waals surface area (Å²) in [6, 6.07) is 9.52. The average Bonchev–Trinajstić information content (AvgIpc) is 2.59. The first-order valence-electron chi connectivity index (χ1n) is 10.1. The third-order valence-corrected chi connectivity index (χ3v) is 5.91. The van der Waals surface area contributed by atoms with Gasteiger partial charge in [0.15, 0.2) is 5.78 Å². The molecule has 2 aliphatic rings. The Hall–Kier alpha value is -2.29. The molecular formula is C24H28O3. The number of ether oxygens (including phenoxy) is 1. The van der Waals surface area contributed by atoms with Crippen LogP contribution in [0.25, 0.3) is 10.8 Å². The maximum absolute atomic E-state index is 13.1. The van der Waals surface area contributed by atoms with Crippen LogP contribution in [-0.4, -0.2) is 10.9 Å². The van der Waals surface area contributed by atoms with Gasteiger partial charge in [0.05, 0.1) is 0 Å². The van der Waals surface area contributed by atoms with Crippen LogP contribution >= 0.6 is 0 Å². The number of phenolic OH excluding ortho intramolecular Hbond substituents is 1. The van der Waals surface area contributed by atoms with Crippen LogP contribution in [0.2, 0.25) is 0 Å². The number of carbonyl (C=O) groups excluding carboxylic acids is 1. The molecule has 27 heavy (non-hydrogen) atoms. The third kappa shape index (κ3) is 3.24. The van der Waals surface area contributed by atoms with E-state index in [0.29, 0.717) is 6.42 Å². The molecule has 0 saturated carbocycles. The number of phenols is 1. The maximum Gasteiger partial charge on any atom is 0.163 e. The molecule has 1 N–H and O–H groups in total. The zero-order valence-electron chi connectivity index (χ0n) is 16.5. The van der Waals surface area contributed by atoms with Crippen LogP contribution in [0, 0.1) is 5.41 Å². The van der Waals surface area contributed by atoms with Gasteiger partial charge < -0.3 is 9.84 Å². The molecule has 142 valence electrons. The highest BCUT2D eigenvalue weighted by atomic mass is 16.5. The van der Waals surface area contributed by atoms with Crippen molar-refractivity contribution < 1.29 is 14.6 Å². The molecule has 0 fully saturated rings. The van der Waals surface area contributed by atoms with Crippen molar-refractivity contribution in [1.29, 1.82) is 0 Å². The lowest BCUT2D eigenvalue weighted by atomic mass is 9.70. The number of ketones is 1. The maximum atomic E-state index is 13.1. The number of aromatic hydroxyl groups is 1. The van der Waals surface area contributed by atoms with Gasteiger partial charge in [-0.2, -0.15) is 0 Å². The minimum absolute atomic E-state index is 0.0590. The minimum Gasteiger partial charge on any atom is -0.508 e. The number of hydrogen-bond donors (Lipinski definition) is 1. The smallest absolute Gasteiger partial charge is 0.163 e. The van der Waals surface area contributed by atoms with E-state index in [9.17, 15) is 9.90 Å². The fraction of sp³-hybridized carbons (Fsp3) is 0.458. The first-order chi connectivity index (χ1) is 12.9. The summed E-state index contributed by atoms with van der Waals surface area (Å²) in [6.07, 6.45) is 5.72. The molecule has 1 heterocycles. The fourth-order valence-electron chi connectivity index (χ4n) is 4.68. The molecule has 0 spiro atoms. The van der Waals surface area contributed by atoms with Crippen molar-refractivity contribution in [1.82, 2.24) is 0 Å². The van der Waals surface area contributed by atoms with Gasteiger partial charge >= 0.3 is 0 Å². The highest BCUT2D eigenvalue weighted by Crippen LogP contribution is 2.51. The Balaban J connectivity index is 1.89. The summed E-state index contributed by atoms with van der Waals surface area (Å²) < 4.78 is 6.30. The average molecular weight is 364 g/mol. The molecule has 3 nitrogen and oxygen atoms in total. The summed E-state index contributed by atoms with van der Waals surface area (Å²) in [6.45, 7) is 6.47. The number of benzene rings is 2. The van der Waals surface area contributed by atoms with Crippen molar-refractivity contribution in [2.45, 2.75) is 65.2 Å². The normalized spacial score (nSPS) is 21.0. The monoisotopic (exact) mass is 364 g/mol. The topological polar surface area (TPSA) is 46.5 Å². The third-order valence-electron chi connectivity index (χ3n) is 5.91. The molecule has 0 amide bonds. The second-order valence-corrected chi connectivity index (χ2v) is 8.81. The van der Waals surface area contributed by atoms with Gasteiger partial charge in [0.25, 0.3) is 0 Å². The Morgan fingerprint density at radius 1 is 1.15 bits per heavy atom. The molecule has 4 rings (SSSR count). The Morgan fingerprint density at radius 2 is 1.93 bits per heavy atom. The number of rotatable bonds is 4. The second-order valence-electron chi connectivity index (χ2n) is 8.81. The molecule has 1 unspecified atom stereocenters. The lowest BCUT2D eigenvalue weighted by Gasteiger charge is -2.38. The Bertz CT molecular complexity index is 936. The van der Waals surface area contributed by atoms with Gasteiger partial charge in [0.2, 0.25) is 0 Å². The minimum atomic E-state index is -0.0590. The van der Waals surface area contributed by atoms with E-state index in [1.807, 2.05) is 24.3 Å². The molecule has 0 radical (unpaired) electrons. The highest BCUT2D eigenvalue weighted by Gasteiger charge is 2.41. The van der Waals surface area contributed by atoms with Gasteiger partial charge in [0.1, 0.15) is 17.3 Å². The van der Waals surface area contributed by atoms with E-state index in [1.165, 1.54) is 0 Å². The molecule has 0 bridgehead atoms. The number of carbonyl (C=O) groups is 1. The van der Waals surface area contributed by atoms with E-state index < -0.39 is 0 Å². The Morgan fingerprint density at radius 3 is 2.70 bits per heavy atom. The van der Waals surface area contributed by atoms with Crippen LogP contribution in [0.1, 0.15) is 70.8 Å². The van der Waals surface area contributed by atoms with E-state index in [2.05, 4.69) is 20.8 Å². The van der Waals surface area contributed by atoms with Gasteiger partial charge in [-0.3, -0.25) is 4.79 Å². The number of fused-ring (bicyclic) bond motifs is 3. The summed E-state index contributed by atoms with van der Waals surface area (Å²) in [5.41, 5.74) is 1.90. The summed E-state index contributed by atoms with van der Waals surface area (Å²) in [5, 5.41) is 12.1. The SMILES string of the molecule is CCCCCC1C2=C(CC(C)(C)CC2=O)Oc2ccc3ccc(O)cc3c21. The predicted octanol–water partition coefficient (Wildman–Crippen LogP) is 6.24. The van der Waals surface area contributed by atoms with E-state index in [1.54, 1.807) is 6.07 Å². The zero-order valence-corrected chi connectivity index (χ0v) is 16.5. The van der Waals surface area contributed by atoms with Crippen LogP contribution in [0.4, 0.5) is 0 Å². The van der Waals surface area contributed by atoms with Crippen molar-refractivity contribution in [2.75, 3.05) is 0 Å². The largest absolute Gasteiger partial charge is 0.508 e. The molecule has 0 saturated heterocycles. The number of unbranched alkanes of at least 4 members (excludes halogenated alkanes) is 2. The lowest BCUT2D eigenvalue weighted by Crippen LogP contribution is -2.32. The first kappa shape index (κ1) is 18.1. The molecule has 1 aliphatic carbocycles. The molecule has 2 aromatic rings. The van der Waals surface area contributed by atoms with Crippen molar-refractivity contribution in [3.63, 3.8) is 0 Å². The van der Waals surface area contributed by atoms with Crippen LogP contribution in [0.15, 0.2) is 41.7 Å². The number of Topliss-reactive ketones (excluding diaryl/α,β-unsaturated/α-hetero) is 1. The van der Waals surface area contributed by atoms with Crippen LogP contribution in [0.5, 0.6) is 11.5 Å². The second kappa shape index (κ2) is 6.70. The van der Waals surface area contributed by atoms with Crippen LogP contribution in [-0.2, 0) is 4.79 Å². The van der Waals surface area contributed by atoms with Gasteiger partial charge in [-0.15, -0.1) is 0 Å². The summed E-state index contributed by atoms with van der Waals surface area (Å²) >= 11 is 0. The molecule has 2 aromatic carbocycles. The Labute approximate surface area is 161 Å². The standard InChI is InChI=1S/C24H28O3/c1-4-5-6-7-17-22-18-12-16(25)10-8-15(18)9-11-20(22)27-21-14-24(2,3)13-19(26)23(17)21/h8-12,17,25H,4-7,13-14H2,1-3H3. The molecule has 1 aliphatic heterocycles. The number of hydrogen-bond acceptors (Lipinski definition) is 3. The fourth-order valence-corrected chi connectivity index (χ4v) is 4.68. The Kier molecular flexibility index (Phi) is 4.49. The van der Waals surface area contributed by atoms with Crippen LogP contribution < -0.4 is 4.74 Å². The van der Waals surface area contributed by atoms with Gasteiger partial charge in [-0.1, -0.05) is 52.2 Å². The zero-order chi connectivity index (χ0) is 19.2. The summed E-state index contributed by atoms with van der Waals surface area (Å²) in [5.74, 6) is 2.25. The molecule has 1 atom stereocenters. The van der Waals surface area contributed by atoms with Crippen LogP contribution in [0.3, 0.4) is 0 Å². The van der Waals surface area contributed by atoms with Crippen molar-refractivity contribution >= 4 is 16.6 Å². The quantitative estimate of drug-likeness (QED) is 0.653. The van der Waals surface area contributed by atoms with E-state index in [4.69, 9.17) is 4.74 Å². The highest BCUT2D eigenvalue weighted by molar-refractivity contribution is 6.01.